The molecular weight excluding hydrogens is 758 g/mol. The first-order valence-electron chi connectivity index (χ1n) is 18.4. The van der Waals surface area contributed by atoms with E-state index in [0.29, 0.717) is 11.3 Å². The number of hydrogen-bond acceptors (Lipinski definition) is 9. The van der Waals surface area contributed by atoms with E-state index in [1.165, 1.54) is 4.90 Å². The number of aliphatic hydroxyl groups excluding tert-OH is 1. The van der Waals surface area contributed by atoms with Crippen LogP contribution in [0.4, 0.5) is 8.78 Å². The summed E-state index contributed by atoms with van der Waals surface area (Å²) < 4.78 is 31.4. The molecule has 1 aromatic heterocycles. The summed E-state index contributed by atoms with van der Waals surface area (Å²) in [4.78, 5) is 89.8. The number of aliphatic hydroxyl groups is 1. The first-order chi connectivity index (χ1) is 27.4. The van der Waals surface area contributed by atoms with E-state index >= 15 is 4.39 Å². The predicted octanol–water partition coefficient (Wildman–Crippen LogP) is 0.625. The minimum Gasteiger partial charge on any atom is -0.387 e. The highest BCUT2D eigenvalue weighted by atomic mass is 19.1. The monoisotopic (exact) mass is 806 g/mol. The van der Waals surface area contributed by atoms with Crippen LogP contribution in [0, 0.1) is 17.0 Å². The zero-order chi connectivity index (χ0) is 42.7. The van der Waals surface area contributed by atoms with Gasteiger partial charge in [-0.2, -0.15) is 0 Å². The second-order valence-electron chi connectivity index (χ2n) is 14.8. The summed E-state index contributed by atoms with van der Waals surface area (Å²) in [6.07, 6.45) is 2.94. The van der Waals surface area contributed by atoms with E-state index in [-0.39, 0.29) is 38.2 Å². The Morgan fingerprint density at radius 1 is 0.914 bits per heavy atom. The normalized spacial score (nSPS) is 14.2. The number of amides is 7. The number of halogens is 2. The molecular formula is C40H48F2N8O8. The lowest BCUT2D eigenvalue weighted by Gasteiger charge is -2.41. The van der Waals surface area contributed by atoms with Gasteiger partial charge in [-0.3, -0.25) is 38.5 Å². The lowest BCUT2D eigenvalue weighted by Crippen LogP contribution is -2.54. The fourth-order valence-electron chi connectivity index (χ4n) is 6.52. The molecule has 16 nitrogen and oxygen atoms in total. The van der Waals surface area contributed by atoms with Crippen LogP contribution in [-0.2, 0) is 40.1 Å². The van der Waals surface area contributed by atoms with E-state index in [2.05, 4.69) is 16.0 Å². The molecule has 8 N–H and O–H groups in total. The van der Waals surface area contributed by atoms with E-state index in [1.54, 1.807) is 16.8 Å². The van der Waals surface area contributed by atoms with E-state index in [9.17, 15) is 43.1 Å². The number of rotatable bonds is 19. The number of nitrogens with zero attached hydrogens (tertiary/aromatic N) is 3. The van der Waals surface area contributed by atoms with Gasteiger partial charge in [-0.1, -0.05) is 51.1 Å². The van der Waals surface area contributed by atoms with Crippen LogP contribution in [0.1, 0.15) is 50.9 Å². The highest BCUT2D eigenvalue weighted by Gasteiger charge is 2.38. The molecule has 2 aromatic carbocycles. The molecule has 2 heterocycles. The minimum absolute atomic E-state index is 0.0151. The molecule has 58 heavy (non-hydrogen) atoms. The third-order valence-corrected chi connectivity index (χ3v) is 9.23. The third kappa shape index (κ3) is 11.9. The van der Waals surface area contributed by atoms with E-state index in [1.807, 2.05) is 51.1 Å². The molecule has 310 valence electrons. The molecule has 1 aliphatic rings. The highest BCUT2D eigenvalue weighted by Crippen LogP contribution is 2.41. The van der Waals surface area contributed by atoms with Crippen LogP contribution in [0.15, 0.2) is 72.9 Å². The second kappa shape index (κ2) is 19.7. The van der Waals surface area contributed by atoms with Gasteiger partial charge in [0.25, 0.3) is 11.8 Å². The summed E-state index contributed by atoms with van der Waals surface area (Å²) >= 11 is 0. The van der Waals surface area contributed by atoms with Crippen LogP contribution >= 0.6 is 0 Å². The maximum atomic E-state index is 15.1. The van der Waals surface area contributed by atoms with Gasteiger partial charge in [-0.25, -0.2) is 8.78 Å². The quantitative estimate of drug-likeness (QED) is 0.0735. The van der Waals surface area contributed by atoms with Gasteiger partial charge in [0.05, 0.1) is 18.5 Å². The smallest absolute Gasteiger partial charge is 0.254 e. The van der Waals surface area contributed by atoms with Crippen molar-refractivity contribution in [3.8, 4) is 11.1 Å². The molecule has 7 amide bonds. The highest BCUT2D eigenvalue weighted by molar-refractivity contribution is 6.14. The summed E-state index contributed by atoms with van der Waals surface area (Å²) in [5, 5.41) is 17.8. The molecule has 18 heteroatoms. The fraction of sp³-hybridized carbons (Fsp3) is 0.375. The Hall–Kier alpha value is -6.27. The van der Waals surface area contributed by atoms with Gasteiger partial charge in [0.15, 0.2) is 0 Å². The van der Waals surface area contributed by atoms with Gasteiger partial charge in [0.2, 0.25) is 29.5 Å². The van der Waals surface area contributed by atoms with Crippen LogP contribution in [0.25, 0.3) is 11.1 Å². The zero-order valence-electron chi connectivity index (χ0n) is 32.4. The van der Waals surface area contributed by atoms with Crippen LogP contribution in [0.5, 0.6) is 0 Å². The van der Waals surface area contributed by atoms with Crippen molar-refractivity contribution < 1.29 is 47.4 Å². The average molecular weight is 807 g/mol. The first kappa shape index (κ1) is 44.4. The summed E-state index contributed by atoms with van der Waals surface area (Å²) in [6.45, 7) is 3.77. The lowest BCUT2D eigenvalue weighted by molar-refractivity contribution is -0.141. The fourth-order valence-corrected chi connectivity index (χ4v) is 6.52. The van der Waals surface area contributed by atoms with Crippen molar-refractivity contribution >= 4 is 41.4 Å². The van der Waals surface area contributed by atoms with Crippen molar-refractivity contribution in [3.05, 3.63) is 95.8 Å². The Morgan fingerprint density at radius 3 is 2.19 bits per heavy atom. The molecule has 0 bridgehead atoms. The molecule has 0 aliphatic carbocycles. The maximum Gasteiger partial charge on any atom is 0.254 e. The van der Waals surface area contributed by atoms with Crippen molar-refractivity contribution in [2.45, 2.75) is 58.3 Å². The molecule has 0 radical (unpaired) electrons. The second-order valence-corrected chi connectivity index (χ2v) is 14.8. The molecule has 0 saturated heterocycles. The van der Waals surface area contributed by atoms with Crippen molar-refractivity contribution in [2.24, 2.45) is 16.9 Å². The third-order valence-electron chi connectivity index (χ3n) is 9.23. The van der Waals surface area contributed by atoms with Crippen LogP contribution in [-0.4, -0.2) is 106 Å². The number of nitrogens with one attached hydrogen (secondary N) is 3. The first-order valence-corrected chi connectivity index (χ1v) is 18.4. The summed E-state index contributed by atoms with van der Waals surface area (Å²) in [5.41, 5.74) is 12.0. The Balaban J connectivity index is 1.63. The van der Waals surface area contributed by atoms with Crippen molar-refractivity contribution in [1.82, 2.24) is 30.3 Å². The maximum absolute atomic E-state index is 15.1. The average Bonchev–Trinajstić information content (AvgIpc) is 3.71. The van der Waals surface area contributed by atoms with Crippen LogP contribution in [0.2, 0.25) is 0 Å². The summed E-state index contributed by atoms with van der Waals surface area (Å²) in [6, 6.07) is 10.3. The van der Waals surface area contributed by atoms with Crippen molar-refractivity contribution in [3.63, 3.8) is 0 Å². The Bertz CT molecular complexity index is 2030. The van der Waals surface area contributed by atoms with Gasteiger partial charge >= 0.3 is 0 Å². The Kier molecular flexibility index (Phi) is 15.1. The predicted molar refractivity (Wildman–Crippen MR) is 207 cm³/mol. The lowest BCUT2D eigenvalue weighted by atomic mass is 9.82. The number of primary amides is 1. The van der Waals surface area contributed by atoms with E-state index in [4.69, 9.17) is 11.5 Å². The van der Waals surface area contributed by atoms with E-state index in [0.717, 1.165) is 40.8 Å². The number of carbonyl (C=O) groups excluding carboxylic acids is 7. The van der Waals surface area contributed by atoms with Gasteiger partial charge in [-0.15, -0.1) is 0 Å². The number of benzene rings is 2. The molecule has 1 unspecified atom stereocenters. The zero-order valence-corrected chi connectivity index (χ0v) is 32.4. The minimum atomic E-state index is -1.42. The van der Waals surface area contributed by atoms with Gasteiger partial charge in [-0.05, 0) is 41.7 Å². The summed E-state index contributed by atoms with van der Waals surface area (Å²) in [7, 11) is 0. The molecule has 0 saturated carbocycles. The van der Waals surface area contributed by atoms with Gasteiger partial charge in [0.1, 0.15) is 30.8 Å². The molecule has 1 aliphatic heterocycles. The van der Waals surface area contributed by atoms with Crippen molar-refractivity contribution in [2.75, 3.05) is 32.8 Å². The Labute approximate surface area is 333 Å². The van der Waals surface area contributed by atoms with Gasteiger partial charge in [0, 0.05) is 61.3 Å². The summed E-state index contributed by atoms with van der Waals surface area (Å²) in [5.74, 6) is -6.55. The molecule has 0 fully saturated rings. The molecule has 3 aromatic rings. The largest absolute Gasteiger partial charge is 0.387 e. The topological polar surface area (TPSA) is 239 Å². The van der Waals surface area contributed by atoms with Crippen LogP contribution < -0.4 is 27.4 Å². The standard InChI is InChI=1S/C40H48F2N8O8/c1-40(2,3)37(31-17-25(27-18-26(41)9-10-28(27)42)21-48(31)20-24-7-5-4-6-8-24)49(36(56)23-51)16-13-30(47-38(57)29(43)19-32(44)52)39(58)46-15-14-45-33(53)22-50-34(54)11-12-35(50)55/h4-12,17-18,21,29-30,37,51H,13-16,19-20,22-23,43H2,1-3H3,(H2,44,52)(H,45,53)(H,46,58)(H,47,57)/t29-,30?,37-/m0/s1. The van der Waals surface area contributed by atoms with Crippen molar-refractivity contribution in [1.29, 1.82) is 0 Å². The number of imide groups is 1. The van der Waals surface area contributed by atoms with Crippen LogP contribution in [0.3, 0.4) is 0 Å². The number of carbonyl (C=O) groups is 7. The number of nitrogens with two attached hydrogens (primary N) is 2. The number of hydrogen-bond donors (Lipinski definition) is 6. The SMILES string of the molecule is CC(C)(C)[C@H](c1cc(-c2cc(F)ccc2F)cn1Cc1ccccc1)N(CCC(NC(=O)[C@@H](N)CC(N)=O)C(=O)NCCNC(=O)CN1C(=O)C=CC1=O)C(=O)CO. The van der Waals surface area contributed by atoms with Gasteiger partial charge < -0.3 is 42.0 Å². The molecule has 0 spiro atoms. The molecule has 3 atom stereocenters. The number of aromatic nitrogens is 1. The Morgan fingerprint density at radius 2 is 1.57 bits per heavy atom. The van der Waals surface area contributed by atoms with E-state index < -0.39 is 96.1 Å². The molecule has 4 rings (SSSR count).